The lowest BCUT2D eigenvalue weighted by atomic mass is 9.92. The number of fused-ring (bicyclic) bond motifs is 5. The van der Waals surface area contributed by atoms with Gasteiger partial charge in [0.05, 0.1) is 21.3 Å². The molecule has 0 saturated carbocycles. The Balaban J connectivity index is 1.52. The maximum Gasteiger partial charge on any atom is 0.308 e. The number of para-hydroxylation sites is 2. The molecular formula is C37H24N7O3S2+. The van der Waals surface area contributed by atoms with Crippen molar-refractivity contribution in [3.05, 3.63) is 91.0 Å². The second-order valence-electron chi connectivity index (χ2n) is 11.6. The van der Waals surface area contributed by atoms with E-state index in [1.165, 1.54) is 38.8 Å². The van der Waals surface area contributed by atoms with Gasteiger partial charge in [-0.1, -0.05) is 81.2 Å². The molecule has 10 nitrogen and oxygen atoms in total. The third-order valence-corrected chi connectivity index (χ3v) is 10.9. The van der Waals surface area contributed by atoms with Gasteiger partial charge in [0.15, 0.2) is 16.0 Å². The molecule has 0 spiro atoms. The zero-order valence-electron chi connectivity index (χ0n) is 26.3. The van der Waals surface area contributed by atoms with Gasteiger partial charge in [0.25, 0.3) is 10.4 Å². The van der Waals surface area contributed by atoms with Crippen LogP contribution in [-0.4, -0.2) is 51.3 Å². The summed E-state index contributed by atoms with van der Waals surface area (Å²) in [5.41, 5.74) is 5.33. The monoisotopic (exact) mass is 678 g/mol. The van der Waals surface area contributed by atoms with Crippen LogP contribution in [0.25, 0.3) is 86.8 Å². The molecule has 0 saturated heterocycles. The van der Waals surface area contributed by atoms with Crippen LogP contribution in [0.4, 0.5) is 0 Å². The van der Waals surface area contributed by atoms with Crippen LogP contribution in [0.3, 0.4) is 0 Å². The zero-order valence-corrected chi connectivity index (χ0v) is 28.0. The third-order valence-electron chi connectivity index (χ3n) is 9.12. The Bertz CT molecular complexity index is 2930. The molecule has 4 aromatic heterocycles. The van der Waals surface area contributed by atoms with E-state index in [9.17, 15) is 0 Å². The zero-order chi connectivity index (χ0) is 32.8. The molecule has 0 fully saturated rings. The highest BCUT2D eigenvalue weighted by Crippen LogP contribution is 2.45. The summed E-state index contributed by atoms with van der Waals surface area (Å²) in [4.78, 5) is 5.39. The average molecular weight is 679 g/mol. The molecule has 0 unspecified atom stereocenters. The second kappa shape index (κ2) is 10.5. The van der Waals surface area contributed by atoms with Gasteiger partial charge in [0.1, 0.15) is 27.9 Å². The van der Waals surface area contributed by atoms with Gasteiger partial charge in [-0.05, 0) is 63.9 Å². The van der Waals surface area contributed by atoms with Gasteiger partial charge in [-0.3, -0.25) is 0 Å². The highest BCUT2D eigenvalue weighted by molar-refractivity contribution is 7.16. The Morgan fingerprint density at radius 3 is 2.14 bits per heavy atom. The van der Waals surface area contributed by atoms with Crippen LogP contribution < -0.4 is 18.8 Å². The average Bonchev–Trinajstić information content (AvgIpc) is 3.90. The summed E-state index contributed by atoms with van der Waals surface area (Å²) in [6, 6.07) is 31.6. The van der Waals surface area contributed by atoms with Crippen molar-refractivity contribution in [2.24, 2.45) is 0 Å². The predicted octanol–water partition coefficient (Wildman–Crippen LogP) is 7.90. The lowest BCUT2D eigenvalue weighted by molar-refractivity contribution is -0.541. The van der Waals surface area contributed by atoms with Crippen molar-refractivity contribution in [3.8, 4) is 37.7 Å². The lowest BCUT2D eigenvalue weighted by Gasteiger charge is -2.16. The minimum atomic E-state index is 0.451. The van der Waals surface area contributed by atoms with Crippen LogP contribution in [0.15, 0.2) is 91.0 Å². The third kappa shape index (κ3) is 3.92. The topological polar surface area (TPSA) is 101 Å². The van der Waals surface area contributed by atoms with Crippen molar-refractivity contribution >= 4 is 88.0 Å². The fourth-order valence-corrected chi connectivity index (χ4v) is 8.52. The largest absolute Gasteiger partial charge is 0.497 e. The molecule has 0 aliphatic rings. The van der Waals surface area contributed by atoms with E-state index in [4.69, 9.17) is 19.2 Å². The molecule has 0 radical (unpaired) electrons. The molecule has 49 heavy (non-hydrogen) atoms. The molecule has 10 rings (SSSR count). The summed E-state index contributed by atoms with van der Waals surface area (Å²) in [5, 5.41) is 28.1. The van der Waals surface area contributed by atoms with Crippen molar-refractivity contribution in [2.45, 2.75) is 0 Å². The van der Waals surface area contributed by atoms with Gasteiger partial charge in [0.2, 0.25) is 0 Å². The van der Waals surface area contributed by atoms with E-state index in [0.717, 1.165) is 60.5 Å². The van der Waals surface area contributed by atoms with E-state index >= 15 is 0 Å². The first-order valence-electron chi connectivity index (χ1n) is 15.5. The molecular weight excluding hydrogens is 655 g/mol. The Kier molecular flexibility index (Phi) is 6.02. The molecule has 0 bridgehead atoms. The minimum Gasteiger partial charge on any atom is -0.497 e. The SMILES string of the molecule is COc1ccc2c(c1)c(-c1nnc(OC)s1)c(-[n+]1c3ccccc3nc3c4cccc5ccc6cccc(c6c54)c31)n2-c1nnc(OC)s1. The maximum absolute atomic E-state index is 5.76. The van der Waals surface area contributed by atoms with E-state index in [0.29, 0.717) is 26.3 Å². The number of hydrogen-bond donors (Lipinski definition) is 0. The number of rotatable bonds is 6. The van der Waals surface area contributed by atoms with Gasteiger partial charge in [-0.25, -0.2) is 4.98 Å². The fourth-order valence-electron chi connectivity index (χ4n) is 7.12. The predicted molar refractivity (Wildman–Crippen MR) is 193 cm³/mol. The van der Waals surface area contributed by atoms with Gasteiger partial charge in [-0.15, -0.1) is 5.10 Å². The van der Waals surface area contributed by atoms with Crippen LogP contribution in [0, 0.1) is 0 Å². The molecule has 236 valence electrons. The van der Waals surface area contributed by atoms with Crippen molar-refractivity contribution in [3.63, 3.8) is 0 Å². The van der Waals surface area contributed by atoms with Crippen LogP contribution in [0.5, 0.6) is 16.1 Å². The van der Waals surface area contributed by atoms with Crippen molar-refractivity contribution in [1.82, 2.24) is 29.9 Å². The van der Waals surface area contributed by atoms with Gasteiger partial charge < -0.3 is 14.2 Å². The van der Waals surface area contributed by atoms with Gasteiger partial charge >= 0.3 is 10.9 Å². The first kappa shape index (κ1) is 28.1. The standard InChI is InChI=1S/C37H24N7O3S2/c1-45-21-16-17-26-24(18-21)30(33-39-41-36(46-2)48-33)34(44(26)35-40-42-37(47-3)49-35)43-27-13-5-4-12-25(27)38-31-22-10-6-8-19-14-15-20-9-7-11-23(32(31)43)29(20)28(19)22/h4-18H,1-3H3/q+1. The summed E-state index contributed by atoms with van der Waals surface area (Å²) in [6.07, 6.45) is 0. The molecule has 0 atom stereocenters. The smallest absolute Gasteiger partial charge is 0.308 e. The summed E-state index contributed by atoms with van der Waals surface area (Å²) in [6.45, 7) is 0. The molecule has 0 aliphatic carbocycles. The summed E-state index contributed by atoms with van der Waals surface area (Å²) < 4.78 is 21.3. The van der Waals surface area contributed by atoms with Crippen molar-refractivity contribution in [1.29, 1.82) is 0 Å². The van der Waals surface area contributed by atoms with E-state index < -0.39 is 0 Å². The van der Waals surface area contributed by atoms with E-state index in [-0.39, 0.29) is 0 Å². The molecule has 10 aromatic rings. The summed E-state index contributed by atoms with van der Waals surface area (Å²) in [7, 11) is 4.87. The number of methoxy groups -OCH3 is 3. The van der Waals surface area contributed by atoms with Crippen molar-refractivity contribution in [2.75, 3.05) is 21.3 Å². The van der Waals surface area contributed by atoms with Crippen LogP contribution >= 0.6 is 22.7 Å². The van der Waals surface area contributed by atoms with Gasteiger partial charge in [0, 0.05) is 21.5 Å². The van der Waals surface area contributed by atoms with E-state index in [1.807, 2.05) is 30.3 Å². The van der Waals surface area contributed by atoms with Crippen molar-refractivity contribution < 1.29 is 18.8 Å². The van der Waals surface area contributed by atoms with Crippen LogP contribution in [0.2, 0.25) is 0 Å². The Hall–Kier alpha value is -5.98. The number of aromatic nitrogens is 7. The van der Waals surface area contributed by atoms with Gasteiger partial charge in [-0.2, -0.15) is 9.13 Å². The highest BCUT2D eigenvalue weighted by Gasteiger charge is 2.36. The highest BCUT2D eigenvalue weighted by atomic mass is 32.1. The van der Waals surface area contributed by atoms with Crippen LogP contribution in [-0.2, 0) is 0 Å². The summed E-state index contributed by atoms with van der Waals surface area (Å²) >= 11 is 2.74. The van der Waals surface area contributed by atoms with E-state index in [1.54, 1.807) is 21.3 Å². The van der Waals surface area contributed by atoms with Crippen LogP contribution in [0.1, 0.15) is 0 Å². The second-order valence-corrected chi connectivity index (χ2v) is 13.4. The maximum atomic E-state index is 5.76. The quantitative estimate of drug-likeness (QED) is 0.0994. The molecule has 0 aliphatic heterocycles. The first-order valence-corrected chi connectivity index (χ1v) is 17.1. The first-order chi connectivity index (χ1) is 24.2. The number of nitrogens with zero attached hydrogens (tertiary/aromatic N) is 7. The number of ether oxygens (including phenoxy) is 3. The fraction of sp³-hybridized carbons (Fsp3) is 0.0811. The summed E-state index contributed by atoms with van der Waals surface area (Å²) in [5.74, 6) is 1.51. The molecule has 6 aromatic carbocycles. The number of benzene rings is 6. The molecule has 12 heteroatoms. The Morgan fingerprint density at radius 1 is 0.653 bits per heavy atom. The Labute approximate surface area is 285 Å². The molecule has 0 N–H and O–H groups in total. The molecule has 0 amide bonds. The normalized spacial score (nSPS) is 12.0. The van der Waals surface area contributed by atoms with E-state index in [2.05, 4.69) is 90.2 Å². The lowest BCUT2D eigenvalue weighted by Crippen LogP contribution is -2.36. The number of hydrogen-bond acceptors (Lipinski definition) is 10. The molecule has 4 heterocycles. The minimum absolute atomic E-state index is 0.451. The Morgan fingerprint density at radius 2 is 1.39 bits per heavy atom.